The van der Waals surface area contributed by atoms with E-state index in [2.05, 4.69) is 4.57 Å². The molecule has 0 radical (unpaired) electrons. The number of aromatic nitrogens is 1. The van der Waals surface area contributed by atoms with Crippen LogP contribution in [0, 0.1) is 0 Å². The predicted molar refractivity (Wildman–Crippen MR) is 116 cm³/mol. The van der Waals surface area contributed by atoms with Crippen LogP contribution in [0.3, 0.4) is 0 Å². The SMILES string of the molecule is CCN1C(=O)S/C(=C\c2cn(Cc3ccc(Cl)cc3Cl)c3ccccc23)C1=O. The van der Waals surface area contributed by atoms with E-state index in [-0.39, 0.29) is 11.1 Å². The Morgan fingerprint density at radius 1 is 1.11 bits per heavy atom. The highest BCUT2D eigenvalue weighted by Crippen LogP contribution is 2.34. The van der Waals surface area contributed by atoms with Crippen molar-refractivity contribution in [3.8, 4) is 0 Å². The molecule has 0 aliphatic carbocycles. The molecule has 0 spiro atoms. The molecule has 0 bridgehead atoms. The third-order valence-corrected chi connectivity index (χ3v) is 6.15. The van der Waals surface area contributed by atoms with Crippen LogP contribution in [0.25, 0.3) is 17.0 Å². The number of thioether (sulfide) groups is 1. The number of imide groups is 1. The quantitative estimate of drug-likeness (QED) is 0.472. The van der Waals surface area contributed by atoms with Crippen molar-refractivity contribution in [1.29, 1.82) is 0 Å². The molecule has 3 aromatic rings. The standard InChI is InChI=1S/C21H16Cl2N2O2S/c1-2-25-20(26)19(28-21(25)27)9-14-12-24(18-6-4-3-5-16(14)18)11-13-7-8-15(22)10-17(13)23/h3-10,12H,2,11H2,1H3/b19-9-. The van der Waals surface area contributed by atoms with Crippen LogP contribution in [-0.4, -0.2) is 27.2 Å². The number of hydrogen-bond donors (Lipinski definition) is 0. The largest absolute Gasteiger partial charge is 0.342 e. The molecule has 0 N–H and O–H groups in total. The van der Waals surface area contributed by atoms with Gasteiger partial charge in [-0.1, -0.05) is 47.5 Å². The molecule has 1 aliphatic rings. The molecule has 1 saturated heterocycles. The molecule has 1 fully saturated rings. The van der Waals surface area contributed by atoms with Crippen LogP contribution in [0.5, 0.6) is 0 Å². The lowest BCUT2D eigenvalue weighted by atomic mass is 10.1. The number of amides is 2. The van der Waals surface area contributed by atoms with Gasteiger partial charge >= 0.3 is 0 Å². The van der Waals surface area contributed by atoms with Gasteiger partial charge < -0.3 is 4.57 Å². The fourth-order valence-corrected chi connectivity index (χ4v) is 4.63. The number of nitrogens with zero attached hydrogens (tertiary/aromatic N) is 2. The number of rotatable bonds is 4. The molecule has 0 unspecified atom stereocenters. The average molecular weight is 431 g/mol. The first kappa shape index (κ1) is 19.1. The van der Waals surface area contributed by atoms with E-state index >= 15 is 0 Å². The summed E-state index contributed by atoms with van der Waals surface area (Å²) in [6, 6.07) is 13.4. The van der Waals surface area contributed by atoms with E-state index in [0.29, 0.717) is 28.0 Å². The van der Waals surface area contributed by atoms with Crippen molar-refractivity contribution >= 4 is 63.1 Å². The normalized spacial score (nSPS) is 16.0. The average Bonchev–Trinajstić information content (AvgIpc) is 3.15. The molecule has 2 heterocycles. The molecular weight excluding hydrogens is 415 g/mol. The molecule has 4 rings (SSSR count). The van der Waals surface area contributed by atoms with E-state index in [1.54, 1.807) is 19.1 Å². The summed E-state index contributed by atoms with van der Waals surface area (Å²) in [6.07, 6.45) is 3.78. The van der Waals surface area contributed by atoms with Gasteiger partial charge in [0.15, 0.2) is 0 Å². The van der Waals surface area contributed by atoms with Crippen LogP contribution in [0.4, 0.5) is 4.79 Å². The topological polar surface area (TPSA) is 42.3 Å². The lowest BCUT2D eigenvalue weighted by Crippen LogP contribution is -2.27. The summed E-state index contributed by atoms with van der Waals surface area (Å²) in [7, 11) is 0. The second kappa shape index (κ2) is 7.66. The minimum atomic E-state index is -0.241. The van der Waals surface area contributed by atoms with Gasteiger partial charge in [-0.15, -0.1) is 0 Å². The highest BCUT2D eigenvalue weighted by molar-refractivity contribution is 8.18. The van der Waals surface area contributed by atoms with E-state index in [4.69, 9.17) is 23.2 Å². The number of hydrogen-bond acceptors (Lipinski definition) is 3. The first-order valence-corrected chi connectivity index (χ1v) is 10.3. The Labute approximate surface area is 176 Å². The second-order valence-corrected chi connectivity index (χ2v) is 8.23. The number of likely N-dealkylation sites (N-methyl/N-ethyl adjacent to an activating group) is 1. The Balaban J connectivity index is 1.76. The Hall–Kier alpha value is -2.21. The van der Waals surface area contributed by atoms with Gasteiger partial charge in [0.05, 0.1) is 4.91 Å². The highest BCUT2D eigenvalue weighted by Gasteiger charge is 2.33. The summed E-state index contributed by atoms with van der Waals surface area (Å²) in [5.41, 5.74) is 2.86. The fraction of sp³-hybridized carbons (Fsp3) is 0.143. The number of para-hydroxylation sites is 1. The van der Waals surface area contributed by atoms with E-state index in [0.717, 1.165) is 33.8 Å². The van der Waals surface area contributed by atoms with Gasteiger partial charge in [-0.05, 0) is 48.5 Å². The molecule has 2 aromatic carbocycles. The van der Waals surface area contributed by atoms with Gasteiger partial charge in [0.2, 0.25) is 0 Å². The second-order valence-electron chi connectivity index (χ2n) is 6.39. The summed E-state index contributed by atoms with van der Waals surface area (Å²) >= 11 is 13.3. The number of fused-ring (bicyclic) bond motifs is 1. The van der Waals surface area contributed by atoms with Crippen LogP contribution in [0.1, 0.15) is 18.1 Å². The lowest BCUT2D eigenvalue weighted by Gasteiger charge is -2.08. The molecule has 0 atom stereocenters. The minimum absolute atomic E-state index is 0.226. The Kier molecular flexibility index (Phi) is 5.23. The van der Waals surface area contributed by atoms with Gasteiger partial charge in [0.25, 0.3) is 11.1 Å². The fourth-order valence-electron chi connectivity index (χ4n) is 3.27. The third-order valence-electron chi connectivity index (χ3n) is 4.65. The van der Waals surface area contributed by atoms with Crippen molar-refractivity contribution < 1.29 is 9.59 Å². The van der Waals surface area contributed by atoms with Gasteiger partial charge in [0.1, 0.15) is 0 Å². The zero-order chi connectivity index (χ0) is 19.8. The molecule has 142 valence electrons. The number of carbonyl (C=O) groups is 2. The minimum Gasteiger partial charge on any atom is -0.342 e. The van der Waals surface area contributed by atoms with Crippen molar-refractivity contribution in [2.24, 2.45) is 0 Å². The first-order chi connectivity index (χ1) is 13.5. The van der Waals surface area contributed by atoms with Gasteiger partial charge in [-0.3, -0.25) is 14.5 Å². The summed E-state index contributed by atoms with van der Waals surface area (Å²) in [6.45, 7) is 2.74. The van der Waals surface area contributed by atoms with Crippen LogP contribution in [0.2, 0.25) is 10.0 Å². The van der Waals surface area contributed by atoms with Crippen molar-refractivity contribution in [2.45, 2.75) is 13.5 Å². The predicted octanol–water partition coefficient (Wildman–Crippen LogP) is 6.05. The van der Waals surface area contributed by atoms with Crippen LogP contribution >= 0.6 is 35.0 Å². The molecular formula is C21H16Cl2N2O2S. The Bertz CT molecular complexity index is 1140. The maximum atomic E-state index is 12.4. The Morgan fingerprint density at radius 2 is 1.89 bits per heavy atom. The van der Waals surface area contributed by atoms with E-state index in [1.807, 2.05) is 42.6 Å². The summed E-state index contributed by atoms with van der Waals surface area (Å²) in [4.78, 5) is 26.1. The molecule has 1 aliphatic heterocycles. The first-order valence-electron chi connectivity index (χ1n) is 8.75. The molecule has 0 saturated carbocycles. The molecule has 28 heavy (non-hydrogen) atoms. The van der Waals surface area contributed by atoms with Crippen LogP contribution < -0.4 is 0 Å². The number of halogens is 2. The smallest absolute Gasteiger partial charge is 0.293 e. The zero-order valence-corrected chi connectivity index (χ0v) is 17.3. The van der Waals surface area contributed by atoms with Crippen LogP contribution in [0.15, 0.2) is 53.6 Å². The molecule has 2 amide bonds. The maximum Gasteiger partial charge on any atom is 0.293 e. The van der Waals surface area contributed by atoms with Crippen molar-refractivity contribution in [3.63, 3.8) is 0 Å². The zero-order valence-electron chi connectivity index (χ0n) is 15.0. The van der Waals surface area contributed by atoms with Crippen LogP contribution in [-0.2, 0) is 11.3 Å². The lowest BCUT2D eigenvalue weighted by molar-refractivity contribution is -0.122. The number of carbonyl (C=O) groups excluding carboxylic acids is 2. The summed E-state index contributed by atoms with van der Waals surface area (Å²) in [5, 5.41) is 1.99. The summed E-state index contributed by atoms with van der Waals surface area (Å²) < 4.78 is 2.08. The molecule has 1 aromatic heterocycles. The van der Waals surface area contributed by atoms with E-state index in [1.165, 1.54) is 4.90 Å². The van der Waals surface area contributed by atoms with E-state index in [9.17, 15) is 9.59 Å². The monoisotopic (exact) mass is 430 g/mol. The van der Waals surface area contributed by atoms with Crippen molar-refractivity contribution in [2.75, 3.05) is 6.54 Å². The highest BCUT2D eigenvalue weighted by atomic mass is 35.5. The summed E-state index contributed by atoms with van der Waals surface area (Å²) in [5.74, 6) is -0.241. The van der Waals surface area contributed by atoms with Crippen molar-refractivity contribution in [3.05, 3.63) is 74.7 Å². The third kappa shape index (κ3) is 3.46. The molecule has 4 nitrogen and oxygen atoms in total. The maximum absolute atomic E-state index is 12.4. The number of benzene rings is 2. The molecule has 7 heteroatoms. The van der Waals surface area contributed by atoms with Gasteiger partial charge in [-0.25, -0.2) is 0 Å². The van der Waals surface area contributed by atoms with E-state index < -0.39 is 0 Å². The van der Waals surface area contributed by atoms with Gasteiger partial charge in [-0.2, -0.15) is 0 Å². The van der Waals surface area contributed by atoms with Gasteiger partial charge in [0, 0.05) is 45.8 Å². The van der Waals surface area contributed by atoms with Crippen molar-refractivity contribution in [1.82, 2.24) is 9.47 Å². The Morgan fingerprint density at radius 3 is 2.61 bits per heavy atom.